The summed E-state index contributed by atoms with van der Waals surface area (Å²) in [6.45, 7) is 1.96. The zero-order valence-electron chi connectivity index (χ0n) is 9.89. The van der Waals surface area contributed by atoms with E-state index in [-0.39, 0.29) is 0 Å². The Morgan fingerprint density at radius 3 is 3.29 bits per heavy atom. The van der Waals surface area contributed by atoms with Gasteiger partial charge in [-0.25, -0.2) is 0 Å². The number of nitrogens with one attached hydrogen (secondary N) is 1. The zero-order chi connectivity index (χ0) is 11.7. The molecule has 3 nitrogen and oxygen atoms in total. The Labute approximate surface area is 106 Å². The third-order valence-corrected chi connectivity index (χ3v) is 4.61. The van der Waals surface area contributed by atoms with Gasteiger partial charge in [-0.3, -0.25) is 4.79 Å². The molecule has 2 unspecified atom stereocenters. The molecule has 1 aromatic rings. The Bertz CT molecular complexity index is 390. The lowest BCUT2D eigenvalue weighted by atomic mass is 10.1. The van der Waals surface area contributed by atoms with Crippen LogP contribution in [0, 0.1) is 0 Å². The largest absolute Gasteiger partial charge is 0.338 e. The molecule has 0 aliphatic carbocycles. The number of carbonyl (C=O) groups is 1. The summed E-state index contributed by atoms with van der Waals surface area (Å²) >= 11 is 1.75. The Kier molecular flexibility index (Phi) is 3.16. The first-order chi connectivity index (χ1) is 8.34. The molecule has 0 aromatic carbocycles. The fraction of sp³-hybridized carbons (Fsp3) is 0.615. The third-order valence-electron chi connectivity index (χ3n) is 3.88. The molecule has 0 bridgehead atoms. The van der Waals surface area contributed by atoms with Crippen LogP contribution >= 0.6 is 11.3 Å². The summed E-state index contributed by atoms with van der Waals surface area (Å²) < 4.78 is 0. The molecule has 0 radical (unpaired) electrons. The van der Waals surface area contributed by atoms with Gasteiger partial charge in [-0.05, 0) is 48.2 Å². The van der Waals surface area contributed by atoms with Crippen LogP contribution in [0.2, 0.25) is 0 Å². The molecule has 3 heterocycles. The van der Waals surface area contributed by atoms with E-state index in [9.17, 15) is 4.79 Å². The van der Waals surface area contributed by atoms with Crippen LogP contribution in [0.15, 0.2) is 16.8 Å². The van der Waals surface area contributed by atoms with Crippen molar-refractivity contribution in [2.75, 3.05) is 13.1 Å². The monoisotopic (exact) mass is 250 g/mol. The highest BCUT2D eigenvalue weighted by Gasteiger charge is 2.41. The van der Waals surface area contributed by atoms with Crippen LogP contribution in [0.3, 0.4) is 0 Å². The van der Waals surface area contributed by atoms with Gasteiger partial charge in [-0.15, -0.1) is 0 Å². The van der Waals surface area contributed by atoms with Crippen molar-refractivity contribution in [3.05, 3.63) is 22.4 Å². The molecule has 2 saturated heterocycles. The molecule has 4 heteroatoms. The van der Waals surface area contributed by atoms with Gasteiger partial charge in [-0.2, -0.15) is 11.3 Å². The van der Waals surface area contributed by atoms with E-state index in [1.807, 2.05) is 0 Å². The lowest BCUT2D eigenvalue weighted by molar-refractivity contribution is -0.127. The molecular weight excluding hydrogens is 232 g/mol. The van der Waals surface area contributed by atoms with E-state index in [0.29, 0.717) is 24.4 Å². The molecule has 1 amide bonds. The minimum Gasteiger partial charge on any atom is -0.338 e. The van der Waals surface area contributed by atoms with Crippen LogP contribution in [0.1, 0.15) is 24.8 Å². The maximum atomic E-state index is 11.7. The molecular formula is C13H18N2OS. The number of hydrogen-bond donors (Lipinski definition) is 1. The molecule has 0 spiro atoms. The Hall–Kier alpha value is -0.870. The van der Waals surface area contributed by atoms with Gasteiger partial charge in [0.05, 0.1) is 0 Å². The summed E-state index contributed by atoms with van der Waals surface area (Å²) in [6, 6.07) is 3.04. The lowest BCUT2D eigenvalue weighted by Crippen LogP contribution is -2.40. The lowest BCUT2D eigenvalue weighted by Gasteiger charge is -2.20. The van der Waals surface area contributed by atoms with Gasteiger partial charge >= 0.3 is 0 Å². The molecule has 17 heavy (non-hydrogen) atoms. The number of carbonyl (C=O) groups excluding carboxylic acids is 1. The van der Waals surface area contributed by atoms with E-state index >= 15 is 0 Å². The van der Waals surface area contributed by atoms with Crippen molar-refractivity contribution in [3.8, 4) is 0 Å². The normalized spacial score (nSPS) is 27.8. The zero-order valence-corrected chi connectivity index (χ0v) is 10.7. The van der Waals surface area contributed by atoms with Crippen molar-refractivity contribution in [2.45, 2.75) is 37.8 Å². The highest BCUT2D eigenvalue weighted by Crippen LogP contribution is 2.28. The van der Waals surface area contributed by atoms with Crippen LogP contribution in [-0.2, 0) is 11.2 Å². The number of fused-ring (bicyclic) bond motifs is 1. The van der Waals surface area contributed by atoms with Crippen LogP contribution in [-0.4, -0.2) is 36.0 Å². The van der Waals surface area contributed by atoms with Crippen molar-refractivity contribution in [1.29, 1.82) is 0 Å². The van der Waals surface area contributed by atoms with Crippen LogP contribution in [0.25, 0.3) is 0 Å². The van der Waals surface area contributed by atoms with E-state index in [4.69, 9.17) is 0 Å². The second-order valence-corrected chi connectivity index (χ2v) is 5.72. The van der Waals surface area contributed by atoms with Crippen LogP contribution in [0.5, 0.6) is 0 Å². The summed E-state index contributed by atoms with van der Waals surface area (Å²) in [5.74, 6) is 0.348. The van der Waals surface area contributed by atoms with Gasteiger partial charge in [0.2, 0.25) is 5.91 Å². The molecule has 2 atom stereocenters. The summed E-state index contributed by atoms with van der Waals surface area (Å²) in [7, 11) is 0. The van der Waals surface area contributed by atoms with Crippen LogP contribution < -0.4 is 5.32 Å². The van der Waals surface area contributed by atoms with Crippen molar-refractivity contribution in [1.82, 2.24) is 10.2 Å². The molecule has 2 fully saturated rings. The fourth-order valence-corrected chi connectivity index (χ4v) is 3.71. The second-order valence-electron chi connectivity index (χ2n) is 4.94. The number of hydrogen-bond acceptors (Lipinski definition) is 3. The predicted molar refractivity (Wildman–Crippen MR) is 69.2 cm³/mol. The molecule has 3 rings (SSSR count). The fourth-order valence-electron chi connectivity index (χ4n) is 3.01. The first-order valence-electron chi connectivity index (χ1n) is 6.38. The predicted octanol–water partition coefficient (Wildman–Crippen LogP) is 1.64. The number of amides is 1. The van der Waals surface area contributed by atoms with Crippen LogP contribution in [0.4, 0.5) is 0 Å². The Balaban J connectivity index is 1.51. The van der Waals surface area contributed by atoms with E-state index in [1.165, 1.54) is 18.4 Å². The first-order valence-corrected chi connectivity index (χ1v) is 7.33. The molecule has 2 aliphatic heterocycles. The van der Waals surface area contributed by atoms with E-state index < -0.39 is 0 Å². The standard InChI is InChI=1S/C13H18N2OS/c16-13-8-11(12-2-1-6-15(12)13)14-5-3-10-4-7-17-9-10/h4,7,9,11-12,14H,1-3,5-6,8H2. The average Bonchev–Trinajstić information content (AvgIpc) is 3.01. The van der Waals surface area contributed by atoms with E-state index in [1.54, 1.807) is 11.3 Å². The Morgan fingerprint density at radius 1 is 1.53 bits per heavy atom. The van der Waals surface area contributed by atoms with Gasteiger partial charge in [0.15, 0.2) is 0 Å². The molecule has 2 aliphatic rings. The number of nitrogens with zero attached hydrogens (tertiary/aromatic N) is 1. The van der Waals surface area contributed by atoms with Gasteiger partial charge in [0.1, 0.15) is 0 Å². The molecule has 1 aromatic heterocycles. The summed E-state index contributed by atoms with van der Waals surface area (Å²) in [5, 5.41) is 7.88. The van der Waals surface area contributed by atoms with Crippen molar-refractivity contribution in [3.63, 3.8) is 0 Å². The minimum absolute atomic E-state index is 0.348. The minimum atomic E-state index is 0.348. The topological polar surface area (TPSA) is 32.3 Å². The Morgan fingerprint density at radius 2 is 2.47 bits per heavy atom. The summed E-state index contributed by atoms with van der Waals surface area (Å²) in [6.07, 6.45) is 4.14. The first kappa shape index (κ1) is 11.2. The van der Waals surface area contributed by atoms with Gasteiger partial charge < -0.3 is 10.2 Å². The average molecular weight is 250 g/mol. The van der Waals surface area contributed by atoms with E-state index in [2.05, 4.69) is 27.0 Å². The summed E-state index contributed by atoms with van der Waals surface area (Å²) in [5.41, 5.74) is 1.40. The maximum Gasteiger partial charge on any atom is 0.224 e. The maximum absolute atomic E-state index is 11.7. The second kappa shape index (κ2) is 4.78. The SMILES string of the molecule is O=C1CC(NCCc2ccsc2)C2CCCN12. The number of rotatable bonds is 4. The smallest absolute Gasteiger partial charge is 0.224 e. The number of thiophene rings is 1. The highest BCUT2D eigenvalue weighted by atomic mass is 32.1. The third kappa shape index (κ3) is 2.24. The van der Waals surface area contributed by atoms with Crippen molar-refractivity contribution < 1.29 is 4.79 Å². The highest BCUT2D eigenvalue weighted by molar-refractivity contribution is 7.07. The molecule has 92 valence electrons. The molecule has 0 saturated carbocycles. The van der Waals surface area contributed by atoms with E-state index in [0.717, 1.165) is 19.5 Å². The summed E-state index contributed by atoms with van der Waals surface area (Å²) in [4.78, 5) is 13.8. The quantitative estimate of drug-likeness (QED) is 0.881. The van der Waals surface area contributed by atoms with Gasteiger partial charge in [0, 0.05) is 25.0 Å². The van der Waals surface area contributed by atoms with Gasteiger partial charge in [0.25, 0.3) is 0 Å². The van der Waals surface area contributed by atoms with Crippen molar-refractivity contribution in [2.24, 2.45) is 0 Å². The van der Waals surface area contributed by atoms with Crippen molar-refractivity contribution >= 4 is 17.2 Å². The van der Waals surface area contributed by atoms with Gasteiger partial charge in [-0.1, -0.05) is 0 Å². The molecule has 1 N–H and O–H groups in total.